The molecule has 0 spiro atoms. The molecule has 0 radical (unpaired) electrons. The van der Waals surface area contributed by atoms with Crippen LogP contribution in [0.1, 0.15) is 5.56 Å². The molecule has 0 unspecified atom stereocenters. The van der Waals surface area contributed by atoms with Crippen LogP contribution >= 0.6 is 0 Å². The van der Waals surface area contributed by atoms with E-state index in [1.807, 2.05) is 30.3 Å². The molecule has 2 atom stereocenters. The van der Waals surface area contributed by atoms with Crippen molar-refractivity contribution in [1.82, 2.24) is 9.62 Å². The Morgan fingerprint density at radius 1 is 1.21 bits per heavy atom. The second-order valence-electron chi connectivity index (χ2n) is 6.31. The lowest BCUT2D eigenvalue weighted by molar-refractivity contribution is 0.160. The largest absolute Gasteiger partial charge is 0.497 e. The Labute approximate surface area is 142 Å². The molecule has 7 heteroatoms. The lowest BCUT2D eigenvalue weighted by Crippen LogP contribution is -2.42. The summed E-state index contributed by atoms with van der Waals surface area (Å²) < 4.78 is 30.4. The molecule has 0 aromatic heterocycles. The number of nitrogens with one attached hydrogen (secondary N) is 1. The standard InChI is InChI=1S/C17H22N2O4S/c1-23-15-6-5-13-7-12(3-4-14(13)8-15)9-19-10-16(17(20)11-19)18-24(2,21)22/h3-8,16-18,20H,9-11H2,1-2H3/t16-,17-/m1/s1. The molecule has 2 aromatic rings. The van der Waals surface area contributed by atoms with Crippen molar-refractivity contribution in [3.8, 4) is 5.75 Å². The third-order valence-electron chi connectivity index (χ3n) is 4.25. The summed E-state index contributed by atoms with van der Waals surface area (Å²) in [5.41, 5.74) is 1.12. The minimum absolute atomic E-state index is 0.452. The normalized spacial score (nSPS) is 22.1. The van der Waals surface area contributed by atoms with E-state index < -0.39 is 22.2 Å². The maximum Gasteiger partial charge on any atom is 0.209 e. The molecule has 1 aliphatic rings. The van der Waals surface area contributed by atoms with E-state index in [9.17, 15) is 13.5 Å². The average Bonchev–Trinajstić information content (AvgIpc) is 2.84. The van der Waals surface area contributed by atoms with E-state index in [0.29, 0.717) is 19.6 Å². The Bertz CT molecular complexity index is 838. The molecular weight excluding hydrogens is 328 g/mol. The number of nitrogens with zero attached hydrogens (tertiary/aromatic N) is 1. The van der Waals surface area contributed by atoms with Gasteiger partial charge in [-0.3, -0.25) is 4.90 Å². The van der Waals surface area contributed by atoms with Crippen LogP contribution in [0.2, 0.25) is 0 Å². The molecule has 130 valence electrons. The first-order valence-corrected chi connectivity index (χ1v) is 9.67. The Kier molecular flexibility index (Phi) is 4.78. The van der Waals surface area contributed by atoms with Gasteiger partial charge < -0.3 is 9.84 Å². The maximum absolute atomic E-state index is 11.3. The van der Waals surface area contributed by atoms with Crippen molar-refractivity contribution in [3.63, 3.8) is 0 Å². The van der Waals surface area contributed by atoms with Crippen molar-refractivity contribution in [1.29, 1.82) is 0 Å². The summed E-state index contributed by atoms with van der Waals surface area (Å²) in [6.45, 7) is 1.61. The van der Waals surface area contributed by atoms with Crippen molar-refractivity contribution < 1.29 is 18.3 Å². The molecule has 2 aromatic carbocycles. The number of hydrogen-bond acceptors (Lipinski definition) is 5. The number of hydrogen-bond donors (Lipinski definition) is 2. The first-order valence-electron chi connectivity index (χ1n) is 7.78. The average molecular weight is 350 g/mol. The lowest BCUT2D eigenvalue weighted by Gasteiger charge is -2.16. The van der Waals surface area contributed by atoms with Crippen LogP contribution in [0.15, 0.2) is 36.4 Å². The molecule has 1 aliphatic heterocycles. The molecule has 0 aliphatic carbocycles. The molecule has 1 heterocycles. The predicted octanol–water partition coefficient (Wildman–Crippen LogP) is 0.943. The van der Waals surface area contributed by atoms with Gasteiger partial charge in [-0.05, 0) is 34.5 Å². The van der Waals surface area contributed by atoms with E-state index in [1.165, 1.54) is 0 Å². The topological polar surface area (TPSA) is 78.9 Å². The third kappa shape index (κ3) is 4.05. The Hall–Kier alpha value is -1.67. The number of sulfonamides is 1. The van der Waals surface area contributed by atoms with Gasteiger partial charge in [-0.15, -0.1) is 0 Å². The second-order valence-corrected chi connectivity index (χ2v) is 8.09. The highest BCUT2D eigenvalue weighted by molar-refractivity contribution is 7.88. The zero-order valence-electron chi connectivity index (χ0n) is 13.8. The van der Waals surface area contributed by atoms with Gasteiger partial charge in [0.25, 0.3) is 0 Å². The fourth-order valence-electron chi connectivity index (χ4n) is 3.14. The number of β-amino-alcohol motifs (C(OH)–C–C–N with tert-alkyl or cyclic N) is 1. The molecule has 0 amide bonds. The number of likely N-dealkylation sites (tertiary alicyclic amines) is 1. The Morgan fingerprint density at radius 2 is 1.92 bits per heavy atom. The van der Waals surface area contributed by atoms with E-state index in [2.05, 4.69) is 15.7 Å². The van der Waals surface area contributed by atoms with Crippen LogP contribution in [0.4, 0.5) is 0 Å². The van der Waals surface area contributed by atoms with E-state index in [1.54, 1.807) is 7.11 Å². The van der Waals surface area contributed by atoms with Crippen molar-refractivity contribution in [2.24, 2.45) is 0 Å². The van der Waals surface area contributed by atoms with Gasteiger partial charge in [-0.25, -0.2) is 13.1 Å². The van der Waals surface area contributed by atoms with Crippen molar-refractivity contribution in [3.05, 3.63) is 42.0 Å². The van der Waals surface area contributed by atoms with Crippen molar-refractivity contribution in [2.45, 2.75) is 18.7 Å². The fourth-order valence-corrected chi connectivity index (χ4v) is 3.92. The fraction of sp³-hybridized carbons (Fsp3) is 0.412. The van der Waals surface area contributed by atoms with Gasteiger partial charge in [0.2, 0.25) is 10.0 Å². The van der Waals surface area contributed by atoms with Gasteiger partial charge in [0.05, 0.1) is 25.5 Å². The lowest BCUT2D eigenvalue weighted by atomic mass is 10.1. The Morgan fingerprint density at radius 3 is 2.62 bits per heavy atom. The minimum Gasteiger partial charge on any atom is -0.497 e. The van der Waals surface area contributed by atoms with Crippen LogP contribution in [-0.2, 0) is 16.6 Å². The summed E-state index contributed by atoms with van der Waals surface area (Å²) in [4.78, 5) is 2.05. The monoisotopic (exact) mass is 350 g/mol. The second kappa shape index (κ2) is 6.68. The molecule has 24 heavy (non-hydrogen) atoms. The summed E-state index contributed by atoms with van der Waals surface area (Å²) in [6.07, 6.45) is 0.421. The summed E-state index contributed by atoms with van der Waals surface area (Å²) in [7, 11) is -1.67. The molecule has 1 saturated heterocycles. The van der Waals surface area contributed by atoms with Crippen molar-refractivity contribution >= 4 is 20.8 Å². The summed E-state index contributed by atoms with van der Waals surface area (Å²) in [5.74, 6) is 0.826. The molecule has 0 bridgehead atoms. The number of fused-ring (bicyclic) bond motifs is 1. The first kappa shape index (κ1) is 17.2. The van der Waals surface area contributed by atoms with Crippen LogP contribution in [0.5, 0.6) is 5.75 Å². The Balaban J connectivity index is 1.71. The van der Waals surface area contributed by atoms with E-state index in [-0.39, 0.29) is 0 Å². The van der Waals surface area contributed by atoms with Gasteiger partial charge in [0.1, 0.15) is 5.75 Å². The molecule has 6 nitrogen and oxygen atoms in total. The molecule has 2 N–H and O–H groups in total. The zero-order valence-corrected chi connectivity index (χ0v) is 14.6. The maximum atomic E-state index is 11.3. The van der Waals surface area contributed by atoms with E-state index in [0.717, 1.165) is 28.3 Å². The summed E-state index contributed by atoms with van der Waals surface area (Å²) in [6, 6.07) is 11.7. The van der Waals surface area contributed by atoms with Crippen LogP contribution in [0, 0.1) is 0 Å². The van der Waals surface area contributed by atoms with E-state index >= 15 is 0 Å². The molecule has 1 fully saturated rings. The van der Waals surface area contributed by atoms with Gasteiger partial charge >= 0.3 is 0 Å². The van der Waals surface area contributed by atoms with Gasteiger partial charge in [0.15, 0.2) is 0 Å². The summed E-state index contributed by atoms with van der Waals surface area (Å²) >= 11 is 0. The quantitative estimate of drug-likeness (QED) is 0.839. The van der Waals surface area contributed by atoms with Crippen LogP contribution < -0.4 is 9.46 Å². The van der Waals surface area contributed by atoms with Crippen molar-refractivity contribution in [2.75, 3.05) is 26.5 Å². The van der Waals surface area contributed by atoms with Crippen LogP contribution in [0.3, 0.4) is 0 Å². The zero-order chi connectivity index (χ0) is 17.3. The number of methoxy groups -OCH3 is 1. The number of aliphatic hydroxyl groups is 1. The number of rotatable bonds is 5. The van der Waals surface area contributed by atoms with Crippen LogP contribution in [0.25, 0.3) is 10.8 Å². The number of ether oxygens (including phenoxy) is 1. The van der Waals surface area contributed by atoms with Crippen LogP contribution in [-0.4, -0.2) is 57.0 Å². The molecular formula is C17H22N2O4S. The number of benzene rings is 2. The highest BCUT2D eigenvalue weighted by Gasteiger charge is 2.32. The highest BCUT2D eigenvalue weighted by Crippen LogP contribution is 2.23. The SMILES string of the molecule is COc1ccc2cc(CN3C[C@@H](O)[C@H](NS(C)(=O)=O)C3)ccc2c1. The van der Waals surface area contributed by atoms with E-state index in [4.69, 9.17) is 4.74 Å². The highest BCUT2D eigenvalue weighted by atomic mass is 32.2. The number of aliphatic hydroxyl groups excluding tert-OH is 1. The predicted molar refractivity (Wildman–Crippen MR) is 93.6 cm³/mol. The van der Waals surface area contributed by atoms with Gasteiger partial charge in [-0.2, -0.15) is 0 Å². The molecule has 3 rings (SSSR count). The summed E-state index contributed by atoms with van der Waals surface area (Å²) in [5, 5.41) is 12.3. The minimum atomic E-state index is -3.32. The molecule has 0 saturated carbocycles. The smallest absolute Gasteiger partial charge is 0.209 e. The van der Waals surface area contributed by atoms with Gasteiger partial charge in [-0.1, -0.05) is 18.2 Å². The van der Waals surface area contributed by atoms with Gasteiger partial charge in [0, 0.05) is 19.6 Å². The third-order valence-corrected chi connectivity index (χ3v) is 4.98. The first-order chi connectivity index (χ1) is 11.3.